The topological polar surface area (TPSA) is 69.4 Å². The molecular weight excluding hydrogens is 384 g/mol. The number of rotatable bonds is 3. The molecule has 23 heavy (non-hydrogen) atoms. The Labute approximate surface area is 145 Å². The van der Waals surface area contributed by atoms with Gasteiger partial charge in [-0.3, -0.25) is 0 Å². The molecule has 2 heterocycles. The van der Waals surface area contributed by atoms with Gasteiger partial charge in [0.1, 0.15) is 5.69 Å². The lowest BCUT2D eigenvalue weighted by molar-refractivity contribution is 0.0516. The van der Waals surface area contributed by atoms with Crippen molar-refractivity contribution in [2.75, 3.05) is 6.61 Å². The van der Waals surface area contributed by atoms with Crippen molar-refractivity contribution in [3.05, 3.63) is 45.1 Å². The monoisotopic (exact) mass is 394 g/mol. The number of ether oxygens (including phenoxy) is 1. The van der Waals surface area contributed by atoms with Crippen molar-refractivity contribution in [3.8, 4) is 11.3 Å². The van der Waals surface area contributed by atoms with E-state index in [0.29, 0.717) is 26.5 Å². The van der Waals surface area contributed by atoms with Crippen molar-refractivity contribution in [2.45, 2.75) is 13.8 Å². The molecule has 0 amide bonds. The van der Waals surface area contributed by atoms with Crippen LogP contribution >= 0.6 is 27.5 Å². The second kappa shape index (κ2) is 6.25. The van der Waals surface area contributed by atoms with Crippen molar-refractivity contribution in [1.29, 1.82) is 0 Å². The third-order valence-corrected chi connectivity index (χ3v) is 4.28. The molecule has 0 aliphatic rings. The largest absolute Gasteiger partial charge is 0.461 e. The van der Waals surface area contributed by atoms with Crippen LogP contribution in [0, 0.1) is 6.92 Å². The molecule has 0 saturated heterocycles. The van der Waals surface area contributed by atoms with Crippen molar-refractivity contribution < 1.29 is 9.53 Å². The molecule has 0 radical (unpaired) electrons. The van der Waals surface area contributed by atoms with Gasteiger partial charge in [0.15, 0.2) is 11.3 Å². The maximum atomic E-state index is 11.9. The van der Waals surface area contributed by atoms with Crippen LogP contribution in [0.4, 0.5) is 0 Å². The first kappa shape index (κ1) is 15.9. The standard InChI is InChI=1S/C15H12BrClN4O2/c1-3-23-15(22)12-8(2)21-14(19-18-12)11(16)13(20-21)9-4-6-10(17)7-5-9/h4-7H,3H2,1-2H3. The number of esters is 1. The zero-order valence-corrected chi connectivity index (χ0v) is 14.7. The van der Waals surface area contributed by atoms with Crippen LogP contribution in [0.5, 0.6) is 0 Å². The van der Waals surface area contributed by atoms with Gasteiger partial charge in [-0.05, 0) is 41.9 Å². The third kappa shape index (κ3) is 2.82. The highest BCUT2D eigenvalue weighted by atomic mass is 79.9. The first-order valence-electron chi connectivity index (χ1n) is 6.87. The molecule has 3 rings (SSSR count). The number of aryl methyl sites for hydroxylation is 1. The van der Waals surface area contributed by atoms with Gasteiger partial charge >= 0.3 is 5.97 Å². The first-order chi connectivity index (χ1) is 11.0. The third-order valence-electron chi connectivity index (χ3n) is 3.30. The van der Waals surface area contributed by atoms with Crippen molar-refractivity contribution in [1.82, 2.24) is 19.8 Å². The van der Waals surface area contributed by atoms with Crippen LogP contribution in [0.25, 0.3) is 16.9 Å². The molecule has 0 spiro atoms. The van der Waals surface area contributed by atoms with Crippen LogP contribution in [0.15, 0.2) is 28.7 Å². The van der Waals surface area contributed by atoms with Gasteiger partial charge in [-0.25, -0.2) is 9.31 Å². The van der Waals surface area contributed by atoms with E-state index in [1.165, 1.54) is 0 Å². The minimum absolute atomic E-state index is 0.150. The lowest BCUT2D eigenvalue weighted by Crippen LogP contribution is -2.14. The number of hydrogen-bond acceptors (Lipinski definition) is 5. The Hall–Kier alpha value is -1.99. The summed E-state index contributed by atoms with van der Waals surface area (Å²) in [7, 11) is 0. The van der Waals surface area contributed by atoms with Gasteiger partial charge in [0, 0.05) is 10.6 Å². The van der Waals surface area contributed by atoms with E-state index in [0.717, 1.165) is 5.56 Å². The number of fused-ring (bicyclic) bond motifs is 1. The second-order valence-electron chi connectivity index (χ2n) is 4.76. The number of aromatic nitrogens is 4. The van der Waals surface area contributed by atoms with Gasteiger partial charge in [0.25, 0.3) is 0 Å². The van der Waals surface area contributed by atoms with Crippen LogP contribution in [0.2, 0.25) is 5.02 Å². The molecule has 0 N–H and O–H groups in total. The fraction of sp³-hybridized carbons (Fsp3) is 0.200. The number of carbonyl (C=O) groups is 1. The van der Waals surface area contributed by atoms with Crippen molar-refractivity contribution >= 4 is 39.1 Å². The van der Waals surface area contributed by atoms with Crippen LogP contribution < -0.4 is 0 Å². The summed E-state index contributed by atoms with van der Waals surface area (Å²) in [6.07, 6.45) is 0. The van der Waals surface area contributed by atoms with Gasteiger partial charge < -0.3 is 4.74 Å². The molecule has 1 aromatic carbocycles. The Morgan fingerprint density at radius 1 is 1.30 bits per heavy atom. The van der Waals surface area contributed by atoms with Crippen LogP contribution in [0.3, 0.4) is 0 Å². The summed E-state index contributed by atoms with van der Waals surface area (Å²) in [5.41, 5.74) is 2.82. The minimum atomic E-state index is -0.515. The predicted molar refractivity (Wildman–Crippen MR) is 89.6 cm³/mol. The highest BCUT2D eigenvalue weighted by molar-refractivity contribution is 9.10. The van der Waals surface area contributed by atoms with E-state index in [4.69, 9.17) is 16.3 Å². The van der Waals surface area contributed by atoms with E-state index < -0.39 is 5.97 Å². The molecule has 0 atom stereocenters. The number of benzene rings is 1. The fourth-order valence-corrected chi connectivity index (χ4v) is 2.84. The lowest BCUT2D eigenvalue weighted by Gasteiger charge is -2.04. The van der Waals surface area contributed by atoms with Gasteiger partial charge in [0.05, 0.1) is 16.8 Å². The van der Waals surface area contributed by atoms with E-state index in [1.807, 2.05) is 12.1 Å². The normalized spacial score (nSPS) is 11.0. The lowest BCUT2D eigenvalue weighted by atomic mass is 10.2. The molecule has 0 bridgehead atoms. The number of hydrogen-bond donors (Lipinski definition) is 0. The molecule has 0 saturated carbocycles. The summed E-state index contributed by atoms with van der Waals surface area (Å²) in [6, 6.07) is 7.31. The summed E-state index contributed by atoms with van der Waals surface area (Å²) in [5, 5.41) is 13.2. The van der Waals surface area contributed by atoms with E-state index >= 15 is 0 Å². The number of halogens is 2. The van der Waals surface area contributed by atoms with Crippen molar-refractivity contribution in [3.63, 3.8) is 0 Å². The Bertz CT molecular complexity index is 893. The summed E-state index contributed by atoms with van der Waals surface area (Å²) in [5.74, 6) is -0.515. The molecule has 0 aliphatic carbocycles. The van der Waals surface area contributed by atoms with Crippen LogP contribution in [-0.4, -0.2) is 32.4 Å². The highest BCUT2D eigenvalue weighted by Crippen LogP contribution is 2.31. The van der Waals surface area contributed by atoms with E-state index in [2.05, 4.69) is 31.2 Å². The average molecular weight is 396 g/mol. The van der Waals surface area contributed by atoms with Crippen molar-refractivity contribution in [2.24, 2.45) is 0 Å². The Kier molecular flexibility index (Phi) is 4.32. The van der Waals surface area contributed by atoms with Gasteiger partial charge in [-0.2, -0.15) is 5.10 Å². The molecule has 8 heteroatoms. The average Bonchev–Trinajstić information content (AvgIpc) is 2.87. The fourth-order valence-electron chi connectivity index (χ4n) is 2.16. The molecule has 118 valence electrons. The van der Waals surface area contributed by atoms with E-state index in [9.17, 15) is 4.79 Å². The predicted octanol–water partition coefficient (Wildman–Crippen LogP) is 3.69. The molecule has 0 aliphatic heterocycles. The maximum absolute atomic E-state index is 11.9. The summed E-state index contributed by atoms with van der Waals surface area (Å²) < 4.78 is 7.26. The quantitative estimate of drug-likeness (QED) is 0.633. The summed E-state index contributed by atoms with van der Waals surface area (Å²) >= 11 is 9.42. The maximum Gasteiger partial charge on any atom is 0.360 e. The Morgan fingerprint density at radius 3 is 2.65 bits per heavy atom. The Balaban J connectivity index is 2.16. The Morgan fingerprint density at radius 2 is 2.00 bits per heavy atom. The van der Waals surface area contributed by atoms with Crippen LogP contribution in [0.1, 0.15) is 23.1 Å². The van der Waals surface area contributed by atoms with E-state index in [-0.39, 0.29) is 12.3 Å². The van der Waals surface area contributed by atoms with Gasteiger partial charge in [0.2, 0.25) is 0 Å². The summed E-state index contributed by atoms with van der Waals surface area (Å²) in [4.78, 5) is 11.9. The molecule has 6 nitrogen and oxygen atoms in total. The summed E-state index contributed by atoms with van der Waals surface area (Å²) in [6.45, 7) is 3.76. The minimum Gasteiger partial charge on any atom is -0.461 e. The number of nitrogens with zero attached hydrogens (tertiary/aromatic N) is 4. The number of carbonyl (C=O) groups excluding carboxylic acids is 1. The molecule has 3 aromatic rings. The molecule has 2 aromatic heterocycles. The second-order valence-corrected chi connectivity index (χ2v) is 5.99. The zero-order chi connectivity index (χ0) is 16.6. The molecule has 0 fully saturated rings. The SMILES string of the molecule is CCOC(=O)c1nnc2c(Br)c(-c3ccc(Cl)cc3)nn2c1C. The smallest absolute Gasteiger partial charge is 0.360 e. The van der Waals surface area contributed by atoms with Gasteiger partial charge in [-0.15, -0.1) is 10.2 Å². The molecule has 0 unspecified atom stereocenters. The first-order valence-corrected chi connectivity index (χ1v) is 8.04. The van der Waals surface area contributed by atoms with E-state index in [1.54, 1.807) is 30.5 Å². The zero-order valence-electron chi connectivity index (χ0n) is 12.4. The van der Waals surface area contributed by atoms with Gasteiger partial charge in [-0.1, -0.05) is 23.7 Å². The van der Waals surface area contributed by atoms with Crippen LogP contribution in [-0.2, 0) is 4.74 Å². The highest BCUT2D eigenvalue weighted by Gasteiger charge is 2.20. The molecular formula is C15H12BrClN4O2.